The van der Waals surface area contributed by atoms with E-state index in [-0.39, 0.29) is 29.4 Å². The maximum atomic E-state index is 5.59. The Bertz CT molecular complexity index is 690. The third kappa shape index (κ3) is 3.92. The Morgan fingerprint density at radius 1 is 1.26 bits per heavy atom. The highest BCUT2D eigenvalue weighted by Crippen LogP contribution is 2.51. The van der Waals surface area contributed by atoms with Gasteiger partial charge in [-0.1, -0.05) is 25.1 Å². The van der Waals surface area contributed by atoms with E-state index in [1.807, 2.05) is 13.1 Å². The smallest absolute Gasteiger partial charge is 0.193 e. The van der Waals surface area contributed by atoms with Gasteiger partial charge in [-0.2, -0.15) is 0 Å². The summed E-state index contributed by atoms with van der Waals surface area (Å²) in [6.07, 6.45) is 4.73. The predicted octanol–water partition coefficient (Wildman–Crippen LogP) is 3.42. The topological polar surface area (TPSA) is 46.1 Å². The Labute approximate surface area is 179 Å². The molecule has 0 amide bonds. The van der Waals surface area contributed by atoms with Crippen LogP contribution in [0.25, 0.3) is 0 Å². The molecule has 1 saturated carbocycles. The van der Waals surface area contributed by atoms with Crippen LogP contribution in [0.3, 0.4) is 0 Å². The van der Waals surface area contributed by atoms with E-state index in [0.29, 0.717) is 11.5 Å². The molecule has 150 valence electrons. The first-order valence-corrected chi connectivity index (χ1v) is 9.80. The maximum Gasteiger partial charge on any atom is 0.193 e. The lowest BCUT2D eigenvalue weighted by atomic mass is 9.80. The first kappa shape index (κ1) is 20.7. The summed E-state index contributed by atoms with van der Waals surface area (Å²) in [5.41, 5.74) is 1.84. The van der Waals surface area contributed by atoms with Crippen LogP contribution in [-0.4, -0.2) is 57.4 Å². The molecule has 6 heteroatoms. The SMILES string of the molecule is CN=C(NC1CC1(C)c1ccccc1OC)N1CCC2(CCOCC2)C1.I. The van der Waals surface area contributed by atoms with Crippen molar-refractivity contribution in [3.63, 3.8) is 0 Å². The molecule has 3 fully saturated rings. The molecule has 3 aliphatic rings. The second kappa shape index (κ2) is 8.15. The molecule has 0 radical (unpaired) electrons. The van der Waals surface area contributed by atoms with Crippen molar-refractivity contribution in [3.8, 4) is 5.75 Å². The Morgan fingerprint density at radius 2 is 2.00 bits per heavy atom. The Morgan fingerprint density at radius 3 is 2.70 bits per heavy atom. The van der Waals surface area contributed by atoms with E-state index in [9.17, 15) is 0 Å². The van der Waals surface area contributed by atoms with Gasteiger partial charge in [0.2, 0.25) is 0 Å². The van der Waals surface area contributed by atoms with E-state index in [0.717, 1.165) is 44.4 Å². The summed E-state index contributed by atoms with van der Waals surface area (Å²) in [5, 5.41) is 3.73. The number of aliphatic imine (C=N–C) groups is 1. The largest absolute Gasteiger partial charge is 0.496 e. The van der Waals surface area contributed by atoms with E-state index < -0.39 is 0 Å². The molecular weight excluding hydrogens is 453 g/mol. The number of halogens is 1. The van der Waals surface area contributed by atoms with Crippen molar-refractivity contribution in [2.75, 3.05) is 40.5 Å². The van der Waals surface area contributed by atoms with Crippen molar-refractivity contribution in [1.82, 2.24) is 10.2 Å². The number of hydrogen-bond donors (Lipinski definition) is 1. The number of benzene rings is 1. The predicted molar refractivity (Wildman–Crippen MR) is 119 cm³/mol. The number of ether oxygens (including phenoxy) is 2. The Hall–Kier alpha value is -1.02. The van der Waals surface area contributed by atoms with Gasteiger partial charge in [0.25, 0.3) is 0 Å². The summed E-state index contributed by atoms with van der Waals surface area (Å²) >= 11 is 0. The molecule has 1 N–H and O–H groups in total. The normalized spacial score (nSPS) is 29.4. The number of likely N-dealkylation sites (tertiary alicyclic amines) is 1. The molecule has 2 heterocycles. The molecule has 4 rings (SSSR count). The molecule has 1 aliphatic carbocycles. The van der Waals surface area contributed by atoms with Crippen LogP contribution in [-0.2, 0) is 10.2 Å². The van der Waals surface area contributed by atoms with Crippen LogP contribution in [0.15, 0.2) is 29.3 Å². The molecule has 1 spiro atoms. The minimum atomic E-state index is 0. The van der Waals surface area contributed by atoms with Crippen molar-refractivity contribution < 1.29 is 9.47 Å². The number of para-hydroxylation sites is 1. The fourth-order valence-electron chi connectivity index (χ4n) is 4.77. The van der Waals surface area contributed by atoms with Gasteiger partial charge in [0.1, 0.15) is 5.75 Å². The van der Waals surface area contributed by atoms with Crippen LogP contribution in [0.2, 0.25) is 0 Å². The lowest BCUT2D eigenvalue weighted by Gasteiger charge is -2.33. The second-order valence-electron chi connectivity index (χ2n) is 8.35. The number of rotatable bonds is 3. The molecule has 1 aromatic carbocycles. The highest BCUT2D eigenvalue weighted by Gasteiger charge is 2.54. The van der Waals surface area contributed by atoms with Gasteiger partial charge in [0.05, 0.1) is 7.11 Å². The Kier molecular flexibility index (Phi) is 6.25. The van der Waals surface area contributed by atoms with Gasteiger partial charge in [0, 0.05) is 50.4 Å². The first-order chi connectivity index (χ1) is 12.6. The molecule has 0 bridgehead atoms. The summed E-state index contributed by atoms with van der Waals surface area (Å²) in [4.78, 5) is 7.05. The van der Waals surface area contributed by atoms with Crippen LogP contribution >= 0.6 is 24.0 Å². The van der Waals surface area contributed by atoms with Crippen molar-refractivity contribution in [1.29, 1.82) is 0 Å². The number of hydrogen-bond acceptors (Lipinski definition) is 3. The standard InChI is InChI=1S/C21H31N3O2.HI/c1-20(16-6-4-5-7-17(16)25-3)14-18(20)23-19(22-2)24-11-8-21(15-24)9-12-26-13-10-21;/h4-7,18H,8-15H2,1-3H3,(H,22,23);1H. The van der Waals surface area contributed by atoms with Gasteiger partial charge in [0.15, 0.2) is 5.96 Å². The molecule has 2 saturated heterocycles. The number of guanidine groups is 1. The van der Waals surface area contributed by atoms with Crippen molar-refractivity contribution >= 4 is 29.9 Å². The van der Waals surface area contributed by atoms with Gasteiger partial charge in [-0.15, -0.1) is 24.0 Å². The zero-order valence-corrected chi connectivity index (χ0v) is 19.0. The first-order valence-electron chi connectivity index (χ1n) is 9.80. The van der Waals surface area contributed by atoms with Crippen molar-refractivity contribution in [3.05, 3.63) is 29.8 Å². The van der Waals surface area contributed by atoms with Crippen LogP contribution in [0.1, 0.15) is 38.2 Å². The third-order valence-electron chi connectivity index (χ3n) is 6.77. The summed E-state index contributed by atoms with van der Waals surface area (Å²) < 4.78 is 11.2. The second-order valence-corrected chi connectivity index (χ2v) is 8.35. The molecule has 2 atom stereocenters. The average molecular weight is 485 g/mol. The number of methoxy groups -OCH3 is 1. The minimum Gasteiger partial charge on any atom is -0.496 e. The van der Waals surface area contributed by atoms with E-state index in [2.05, 4.69) is 40.3 Å². The van der Waals surface area contributed by atoms with E-state index in [1.54, 1.807) is 7.11 Å². The van der Waals surface area contributed by atoms with Crippen LogP contribution < -0.4 is 10.1 Å². The minimum absolute atomic E-state index is 0. The fourth-order valence-corrected chi connectivity index (χ4v) is 4.77. The zero-order chi connectivity index (χ0) is 18.2. The summed E-state index contributed by atoms with van der Waals surface area (Å²) in [5.74, 6) is 2.04. The van der Waals surface area contributed by atoms with E-state index >= 15 is 0 Å². The van der Waals surface area contributed by atoms with Gasteiger partial charge >= 0.3 is 0 Å². The molecule has 2 aliphatic heterocycles. The lowest BCUT2D eigenvalue weighted by molar-refractivity contribution is 0.0217. The summed E-state index contributed by atoms with van der Waals surface area (Å²) in [7, 11) is 3.66. The summed E-state index contributed by atoms with van der Waals surface area (Å²) in [6, 6.07) is 8.79. The van der Waals surface area contributed by atoms with Crippen LogP contribution in [0.5, 0.6) is 5.75 Å². The summed E-state index contributed by atoms with van der Waals surface area (Å²) in [6.45, 7) is 6.34. The molecule has 27 heavy (non-hydrogen) atoms. The Balaban J connectivity index is 0.00000210. The van der Waals surface area contributed by atoms with Crippen LogP contribution in [0.4, 0.5) is 0 Å². The van der Waals surface area contributed by atoms with E-state index in [4.69, 9.17) is 9.47 Å². The van der Waals surface area contributed by atoms with Gasteiger partial charge in [-0.05, 0) is 37.2 Å². The zero-order valence-electron chi connectivity index (χ0n) is 16.7. The van der Waals surface area contributed by atoms with Gasteiger partial charge in [-0.3, -0.25) is 4.99 Å². The van der Waals surface area contributed by atoms with Gasteiger partial charge in [-0.25, -0.2) is 0 Å². The molecule has 1 aromatic rings. The average Bonchev–Trinajstić information content (AvgIpc) is 3.17. The molecule has 0 aromatic heterocycles. The van der Waals surface area contributed by atoms with Crippen molar-refractivity contribution in [2.45, 2.75) is 44.1 Å². The highest BCUT2D eigenvalue weighted by molar-refractivity contribution is 14.0. The monoisotopic (exact) mass is 485 g/mol. The molecule has 5 nitrogen and oxygen atoms in total. The lowest BCUT2D eigenvalue weighted by Crippen LogP contribution is -2.44. The van der Waals surface area contributed by atoms with Gasteiger partial charge < -0.3 is 19.7 Å². The maximum absolute atomic E-state index is 5.59. The van der Waals surface area contributed by atoms with Crippen molar-refractivity contribution in [2.24, 2.45) is 10.4 Å². The number of nitrogens with one attached hydrogen (secondary N) is 1. The van der Waals surface area contributed by atoms with Crippen LogP contribution in [0, 0.1) is 5.41 Å². The highest BCUT2D eigenvalue weighted by atomic mass is 127. The quantitative estimate of drug-likeness (QED) is 0.405. The van der Waals surface area contributed by atoms with E-state index in [1.165, 1.54) is 24.8 Å². The molecule has 2 unspecified atom stereocenters. The number of nitrogens with zero attached hydrogens (tertiary/aromatic N) is 2. The third-order valence-corrected chi connectivity index (χ3v) is 6.77. The fraction of sp³-hybridized carbons (Fsp3) is 0.667. The molecular formula is C21H32IN3O2.